The maximum atomic E-state index is 12.1. The van der Waals surface area contributed by atoms with Crippen LogP contribution in [-0.4, -0.2) is 29.5 Å². The molecule has 2 aromatic carbocycles. The first-order chi connectivity index (χ1) is 14.8. The van der Waals surface area contributed by atoms with Crippen molar-refractivity contribution >= 4 is 52.8 Å². The van der Waals surface area contributed by atoms with Crippen molar-refractivity contribution in [3.63, 3.8) is 0 Å². The molecule has 2 N–H and O–H groups in total. The summed E-state index contributed by atoms with van der Waals surface area (Å²) in [5, 5.41) is 15.7. The Balaban J connectivity index is 1.85. The maximum Gasteiger partial charge on any atom is 0.263 e. The molecular formula is C21H16ClN2O6S-. The Bertz CT molecular complexity index is 1080. The second kappa shape index (κ2) is 9.59. The summed E-state index contributed by atoms with van der Waals surface area (Å²) in [6.07, 6.45) is 1.36. The molecule has 0 radical (unpaired) electrons. The average Bonchev–Trinajstić information content (AvgIpc) is 2.70. The number of carbonyl (C=O) groups is 3. The highest BCUT2D eigenvalue weighted by molar-refractivity contribution is 7.80. The molecule has 31 heavy (non-hydrogen) atoms. The number of aromatic carboxylic acids is 1. The van der Waals surface area contributed by atoms with Gasteiger partial charge >= 0.3 is 0 Å². The summed E-state index contributed by atoms with van der Waals surface area (Å²) < 4.78 is 11.4. The third-order valence-electron chi connectivity index (χ3n) is 4.16. The average molecular weight is 460 g/mol. The molecule has 1 fully saturated rings. The highest BCUT2D eigenvalue weighted by atomic mass is 35.5. The van der Waals surface area contributed by atoms with E-state index in [4.69, 9.17) is 33.3 Å². The van der Waals surface area contributed by atoms with E-state index in [2.05, 4.69) is 10.6 Å². The van der Waals surface area contributed by atoms with Crippen molar-refractivity contribution in [2.24, 2.45) is 0 Å². The van der Waals surface area contributed by atoms with E-state index < -0.39 is 17.8 Å². The number of hydrogen-bond donors (Lipinski definition) is 2. The molecular weight excluding hydrogens is 444 g/mol. The Hall–Kier alpha value is -3.43. The molecule has 10 heteroatoms. The standard InChI is InChI=1S/C21H17ClN2O6S/c1-2-29-16-9-12(7-14-18(25)23-21(31)24-19(14)26)8-15(22)17(16)30-10-11-3-5-13(6-4-11)20(27)28/h3-9H,2,10H2,1H3,(H,27,28)(H2,23,24,25,26,31)/p-1. The van der Waals surface area contributed by atoms with Crippen molar-refractivity contribution < 1.29 is 29.0 Å². The van der Waals surface area contributed by atoms with Gasteiger partial charge in [0, 0.05) is 0 Å². The minimum atomic E-state index is -1.26. The topological polar surface area (TPSA) is 117 Å². The maximum absolute atomic E-state index is 12.1. The van der Waals surface area contributed by atoms with Gasteiger partial charge in [0.2, 0.25) is 0 Å². The van der Waals surface area contributed by atoms with Crippen LogP contribution in [-0.2, 0) is 16.2 Å². The molecule has 2 aromatic rings. The highest BCUT2D eigenvalue weighted by Gasteiger charge is 2.26. The van der Waals surface area contributed by atoms with Crippen LogP contribution in [0, 0.1) is 0 Å². The first kappa shape index (κ1) is 22.3. The molecule has 0 saturated carbocycles. The second-order valence-corrected chi connectivity index (χ2v) is 7.15. The smallest absolute Gasteiger partial charge is 0.263 e. The fourth-order valence-corrected chi connectivity index (χ4v) is 3.20. The quantitative estimate of drug-likeness (QED) is 0.367. The molecule has 160 valence electrons. The van der Waals surface area contributed by atoms with Gasteiger partial charge in [-0.2, -0.15) is 0 Å². The molecule has 3 rings (SSSR count). The Morgan fingerprint density at radius 1 is 1.13 bits per heavy atom. The van der Waals surface area contributed by atoms with Crippen molar-refractivity contribution in [2.75, 3.05) is 6.61 Å². The third-order valence-corrected chi connectivity index (χ3v) is 4.64. The first-order valence-corrected chi connectivity index (χ1v) is 9.85. The lowest BCUT2D eigenvalue weighted by Crippen LogP contribution is -2.51. The largest absolute Gasteiger partial charge is 0.545 e. The van der Waals surface area contributed by atoms with Crippen LogP contribution in [0.5, 0.6) is 11.5 Å². The summed E-state index contributed by atoms with van der Waals surface area (Å²) in [5.74, 6) is -1.92. The number of benzene rings is 2. The van der Waals surface area contributed by atoms with Crippen LogP contribution in [0.25, 0.3) is 6.08 Å². The Morgan fingerprint density at radius 2 is 1.77 bits per heavy atom. The summed E-state index contributed by atoms with van der Waals surface area (Å²) >= 11 is 11.2. The summed E-state index contributed by atoms with van der Waals surface area (Å²) in [4.78, 5) is 34.9. The summed E-state index contributed by atoms with van der Waals surface area (Å²) in [6.45, 7) is 2.21. The van der Waals surface area contributed by atoms with Crippen LogP contribution < -0.4 is 25.2 Å². The Morgan fingerprint density at radius 3 is 2.35 bits per heavy atom. The van der Waals surface area contributed by atoms with Gasteiger partial charge in [0.15, 0.2) is 16.6 Å². The summed E-state index contributed by atoms with van der Waals surface area (Å²) in [6, 6.07) is 9.15. The van der Waals surface area contributed by atoms with Crippen molar-refractivity contribution in [3.05, 3.63) is 63.7 Å². The lowest BCUT2D eigenvalue weighted by molar-refractivity contribution is -0.255. The summed E-state index contributed by atoms with van der Waals surface area (Å²) in [5.41, 5.74) is 1.09. The van der Waals surface area contributed by atoms with E-state index in [0.717, 1.165) is 0 Å². The lowest BCUT2D eigenvalue weighted by Gasteiger charge is -2.17. The molecule has 0 atom stereocenters. The molecule has 1 heterocycles. The molecule has 8 nitrogen and oxygen atoms in total. The van der Waals surface area contributed by atoms with Gasteiger partial charge in [-0.1, -0.05) is 35.9 Å². The number of thiocarbonyl (C=S) groups is 1. The second-order valence-electron chi connectivity index (χ2n) is 6.33. The van der Waals surface area contributed by atoms with Crippen LogP contribution in [0.4, 0.5) is 0 Å². The van der Waals surface area contributed by atoms with Crippen LogP contribution in [0.15, 0.2) is 42.0 Å². The SMILES string of the molecule is CCOc1cc(C=C2C(=O)NC(=S)NC2=O)cc(Cl)c1OCc1ccc(C(=O)[O-])cc1. The number of carboxylic acids is 1. The fourth-order valence-electron chi connectivity index (χ4n) is 2.74. The minimum Gasteiger partial charge on any atom is -0.545 e. The Kier molecular flexibility index (Phi) is 6.88. The van der Waals surface area contributed by atoms with E-state index in [1.807, 2.05) is 0 Å². The molecule has 0 aliphatic carbocycles. The van der Waals surface area contributed by atoms with Crippen molar-refractivity contribution in [1.82, 2.24) is 10.6 Å². The van der Waals surface area contributed by atoms with E-state index in [9.17, 15) is 19.5 Å². The van der Waals surface area contributed by atoms with E-state index in [1.54, 1.807) is 25.1 Å². The van der Waals surface area contributed by atoms with Gasteiger partial charge < -0.3 is 19.4 Å². The molecule has 1 aliphatic heterocycles. The zero-order valence-electron chi connectivity index (χ0n) is 16.2. The normalized spacial score (nSPS) is 13.4. The number of nitrogens with one attached hydrogen (secondary N) is 2. The van der Waals surface area contributed by atoms with Crippen LogP contribution >= 0.6 is 23.8 Å². The number of rotatable bonds is 7. The van der Waals surface area contributed by atoms with Gasteiger partial charge in [-0.05, 0) is 54.0 Å². The molecule has 2 amide bonds. The number of ether oxygens (including phenoxy) is 2. The van der Waals surface area contributed by atoms with Gasteiger partial charge in [-0.25, -0.2) is 0 Å². The molecule has 1 saturated heterocycles. The van der Waals surface area contributed by atoms with E-state index in [-0.39, 0.29) is 33.6 Å². The van der Waals surface area contributed by atoms with Crippen LogP contribution in [0.2, 0.25) is 5.02 Å². The predicted molar refractivity (Wildman–Crippen MR) is 115 cm³/mol. The molecule has 1 aliphatic rings. The Labute approximate surface area is 187 Å². The van der Waals surface area contributed by atoms with Crippen molar-refractivity contribution in [3.8, 4) is 11.5 Å². The van der Waals surface area contributed by atoms with E-state index >= 15 is 0 Å². The monoisotopic (exact) mass is 459 g/mol. The number of carboxylic acid groups (broad SMARTS) is 1. The van der Waals surface area contributed by atoms with Crippen molar-refractivity contribution in [2.45, 2.75) is 13.5 Å². The van der Waals surface area contributed by atoms with Crippen molar-refractivity contribution in [1.29, 1.82) is 0 Å². The number of amides is 2. The molecule has 0 spiro atoms. The van der Waals surface area contributed by atoms with Gasteiger partial charge in [0.05, 0.1) is 17.6 Å². The molecule has 0 bridgehead atoms. The summed E-state index contributed by atoms with van der Waals surface area (Å²) in [7, 11) is 0. The number of carbonyl (C=O) groups excluding carboxylic acids is 3. The predicted octanol–water partition coefficient (Wildman–Crippen LogP) is 1.60. The zero-order chi connectivity index (χ0) is 22.5. The van der Waals surface area contributed by atoms with Crippen LogP contribution in [0.3, 0.4) is 0 Å². The van der Waals surface area contributed by atoms with Gasteiger partial charge in [0.25, 0.3) is 11.8 Å². The minimum absolute atomic E-state index is 0.0587. The fraction of sp³-hybridized carbons (Fsp3) is 0.143. The van der Waals surface area contributed by atoms with Gasteiger partial charge in [-0.3, -0.25) is 20.2 Å². The highest BCUT2D eigenvalue weighted by Crippen LogP contribution is 2.38. The van der Waals surface area contributed by atoms with Gasteiger partial charge in [-0.15, -0.1) is 0 Å². The third kappa shape index (κ3) is 5.39. The lowest BCUT2D eigenvalue weighted by atomic mass is 10.1. The zero-order valence-corrected chi connectivity index (χ0v) is 17.8. The first-order valence-electron chi connectivity index (χ1n) is 9.06. The molecule has 0 aromatic heterocycles. The van der Waals surface area contributed by atoms with Gasteiger partial charge in [0.1, 0.15) is 12.2 Å². The number of hydrogen-bond acceptors (Lipinski definition) is 7. The molecule has 0 unspecified atom stereocenters. The van der Waals surface area contributed by atoms with E-state index in [1.165, 1.54) is 24.3 Å². The van der Waals surface area contributed by atoms with Crippen LogP contribution in [0.1, 0.15) is 28.4 Å². The van der Waals surface area contributed by atoms with E-state index in [0.29, 0.717) is 23.5 Å². The number of halogens is 1.